The van der Waals surface area contributed by atoms with E-state index in [1.807, 2.05) is 13.8 Å². The number of nitrogens with zero attached hydrogens (tertiary/aromatic N) is 3. The van der Waals surface area contributed by atoms with Crippen LogP contribution in [0.2, 0.25) is 0 Å². The first-order valence-electron chi connectivity index (χ1n) is 5.91. The second-order valence-corrected chi connectivity index (χ2v) is 4.42. The number of anilines is 1. The zero-order valence-electron chi connectivity index (χ0n) is 10.8. The van der Waals surface area contributed by atoms with Gasteiger partial charge in [-0.05, 0) is 13.8 Å². The Bertz CT molecular complexity index is 428. The minimum absolute atomic E-state index is 0.144. The van der Waals surface area contributed by atoms with E-state index in [0.717, 1.165) is 18.9 Å². The zero-order chi connectivity index (χ0) is 13.1. The highest BCUT2D eigenvalue weighted by Crippen LogP contribution is 2.18. The first kappa shape index (κ1) is 12.8. The fourth-order valence-corrected chi connectivity index (χ4v) is 2.10. The molecule has 1 aromatic rings. The molecule has 0 unspecified atom stereocenters. The lowest BCUT2D eigenvalue weighted by Gasteiger charge is -2.36. The average molecular weight is 251 g/mol. The average Bonchev–Trinajstić information content (AvgIpc) is 2.37. The van der Waals surface area contributed by atoms with E-state index in [-0.39, 0.29) is 17.9 Å². The summed E-state index contributed by atoms with van der Waals surface area (Å²) in [5.74, 6) is 0.278. The Balaban J connectivity index is 2.20. The van der Waals surface area contributed by atoms with Crippen LogP contribution in [0.25, 0.3) is 0 Å². The van der Waals surface area contributed by atoms with Gasteiger partial charge in [0.2, 0.25) is 0 Å². The Hall–Kier alpha value is -1.69. The normalized spacial score (nSPS) is 23.8. The van der Waals surface area contributed by atoms with Crippen molar-refractivity contribution >= 4 is 11.8 Å². The van der Waals surface area contributed by atoms with Gasteiger partial charge in [-0.25, -0.2) is 14.8 Å². The summed E-state index contributed by atoms with van der Waals surface area (Å²) in [6.45, 7) is 5.54. The molecular formula is C12H17N3O3. The molecule has 2 atom stereocenters. The number of aromatic nitrogens is 2. The second kappa shape index (κ2) is 5.30. The molecule has 0 bridgehead atoms. The molecule has 2 rings (SSSR count). The summed E-state index contributed by atoms with van der Waals surface area (Å²) < 4.78 is 10.3. The lowest BCUT2D eigenvalue weighted by Crippen LogP contribution is -2.45. The molecule has 0 radical (unpaired) electrons. The predicted octanol–water partition coefficient (Wildman–Crippen LogP) is 0.877. The van der Waals surface area contributed by atoms with E-state index in [1.165, 1.54) is 13.4 Å². The van der Waals surface area contributed by atoms with Gasteiger partial charge in [-0.3, -0.25) is 0 Å². The van der Waals surface area contributed by atoms with Crippen LogP contribution in [0.3, 0.4) is 0 Å². The summed E-state index contributed by atoms with van der Waals surface area (Å²) in [7, 11) is 1.34. The quantitative estimate of drug-likeness (QED) is 0.727. The number of carbonyl (C=O) groups is 1. The van der Waals surface area contributed by atoms with Gasteiger partial charge in [0, 0.05) is 19.2 Å². The summed E-state index contributed by atoms with van der Waals surface area (Å²) in [6.07, 6.45) is 1.67. The zero-order valence-corrected chi connectivity index (χ0v) is 10.8. The van der Waals surface area contributed by atoms with Crippen molar-refractivity contribution in [1.82, 2.24) is 9.97 Å². The first-order chi connectivity index (χ1) is 8.60. The topological polar surface area (TPSA) is 64.5 Å². The molecule has 0 aromatic carbocycles. The van der Waals surface area contributed by atoms with Crippen LogP contribution in [0.5, 0.6) is 0 Å². The van der Waals surface area contributed by atoms with E-state index in [2.05, 4.69) is 19.6 Å². The molecule has 6 heteroatoms. The molecule has 98 valence electrons. The Labute approximate surface area is 106 Å². The highest BCUT2D eigenvalue weighted by Gasteiger charge is 2.23. The predicted molar refractivity (Wildman–Crippen MR) is 65.6 cm³/mol. The minimum Gasteiger partial charge on any atom is -0.464 e. The van der Waals surface area contributed by atoms with Gasteiger partial charge in [0.1, 0.15) is 12.1 Å². The molecule has 18 heavy (non-hydrogen) atoms. The Morgan fingerprint density at radius 2 is 2.06 bits per heavy atom. The van der Waals surface area contributed by atoms with Crippen LogP contribution in [0.15, 0.2) is 12.4 Å². The first-order valence-corrected chi connectivity index (χ1v) is 5.91. The van der Waals surface area contributed by atoms with Crippen LogP contribution in [0.1, 0.15) is 24.3 Å². The molecule has 6 nitrogen and oxygen atoms in total. The van der Waals surface area contributed by atoms with E-state index < -0.39 is 5.97 Å². The van der Waals surface area contributed by atoms with E-state index in [9.17, 15) is 4.79 Å². The fraction of sp³-hybridized carbons (Fsp3) is 0.583. The lowest BCUT2D eigenvalue weighted by molar-refractivity contribution is -0.00546. The highest BCUT2D eigenvalue weighted by molar-refractivity contribution is 5.87. The van der Waals surface area contributed by atoms with E-state index >= 15 is 0 Å². The van der Waals surface area contributed by atoms with Gasteiger partial charge in [-0.2, -0.15) is 0 Å². The molecule has 0 amide bonds. The summed E-state index contributed by atoms with van der Waals surface area (Å²) in [6, 6.07) is 1.65. The summed E-state index contributed by atoms with van der Waals surface area (Å²) in [5.41, 5.74) is 0.272. The number of carbonyl (C=O) groups excluding carboxylic acids is 1. The highest BCUT2D eigenvalue weighted by atomic mass is 16.5. The third-order valence-electron chi connectivity index (χ3n) is 2.79. The van der Waals surface area contributed by atoms with Crippen LogP contribution >= 0.6 is 0 Å². The van der Waals surface area contributed by atoms with Gasteiger partial charge in [-0.1, -0.05) is 0 Å². The number of morpholine rings is 1. The maximum absolute atomic E-state index is 11.4. The van der Waals surface area contributed by atoms with E-state index in [1.54, 1.807) is 6.07 Å². The van der Waals surface area contributed by atoms with Crippen molar-refractivity contribution in [3.8, 4) is 0 Å². The third kappa shape index (κ3) is 2.76. The molecule has 0 aliphatic carbocycles. The summed E-state index contributed by atoms with van der Waals surface area (Å²) in [5, 5.41) is 0. The fourth-order valence-electron chi connectivity index (χ4n) is 2.10. The van der Waals surface area contributed by atoms with Crippen LogP contribution in [-0.4, -0.2) is 48.3 Å². The summed E-state index contributed by atoms with van der Waals surface area (Å²) >= 11 is 0. The van der Waals surface area contributed by atoms with Crippen LogP contribution in [-0.2, 0) is 9.47 Å². The standard InChI is InChI=1S/C12H17N3O3/c1-8-5-15(6-9(2)18-8)11-4-10(12(16)17-3)13-7-14-11/h4,7-9H,5-6H2,1-3H3/t8-,9+. The molecule has 1 aliphatic rings. The van der Waals surface area contributed by atoms with Crippen molar-refractivity contribution in [2.45, 2.75) is 26.1 Å². The minimum atomic E-state index is -0.451. The molecule has 0 saturated carbocycles. The molecular weight excluding hydrogens is 234 g/mol. The maximum atomic E-state index is 11.4. The van der Waals surface area contributed by atoms with Crippen LogP contribution < -0.4 is 4.90 Å². The molecule has 2 heterocycles. The monoisotopic (exact) mass is 251 g/mol. The van der Waals surface area contributed by atoms with Crippen LogP contribution in [0.4, 0.5) is 5.82 Å². The van der Waals surface area contributed by atoms with Crippen molar-refractivity contribution in [3.05, 3.63) is 18.1 Å². The van der Waals surface area contributed by atoms with Gasteiger partial charge in [0.05, 0.1) is 19.3 Å². The summed E-state index contributed by atoms with van der Waals surface area (Å²) in [4.78, 5) is 21.6. The van der Waals surface area contributed by atoms with Gasteiger partial charge in [0.15, 0.2) is 5.69 Å². The van der Waals surface area contributed by atoms with Gasteiger partial charge in [0.25, 0.3) is 0 Å². The lowest BCUT2D eigenvalue weighted by atomic mass is 10.2. The molecule has 1 aliphatic heterocycles. The second-order valence-electron chi connectivity index (χ2n) is 4.42. The molecule has 1 fully saturated rings. The largest absolute Gasteiger partial charge is 0.464 e. The molecule has 1 aromatic heterocycles. The number of methoxy groups -OCH3 is 1. The number of esters is 1. The molecule has 0 N–H and O–H groups in total. The van der Waals surface area contributed by atoms with Crippen molar-refractivity contribution in [2.24, 2.45) is 0 Å². The molecule has 0 spiro atoms. The van der Waals surface area contributed by atoms with E-state index in [0.29, 0.717) is 0 Å². The Morgan fingerprint density at radius 1 is 1.39 bits per heavy atom. The number of hydrogen-bond donors (Lipinski definition) is 0. The molecule has 1 saturated heterocycles. The van der Waals surface area contributed by atoms with Crippen molar-refractivity contribution in [1.29, 1.82) is 0 Å². The van der Waals surface area contributed by atoms with Gasteiger partial charge >= 0.3 is 5.97 Å². The Morgan fingerprint density at radius 3 is 2.67 bits per heavy atom. The number of hydrogen-bond acceptors (Lipinski definition) is 6. The van der Waals surface area contributed by atoms with Gasteiger partial charge < -0.3 is 14.4 Å². The third-order valence-corrected chi connectivity index (χ3v) is 2.79. The van der Waals surface area contributed by atoms with Gasteiger partial charge in [-0.15, -0.1) is 0 Å². The van der Waals surface area contributed by atoms with Crippen molar-refractivity contribution in [3.63, 3.8) is 0 Å². The van der Waals surface area contributed by atoms with Crippen molar-refractivity contribution in [2.75, 3.05) is 25.1 Å². The van der Waals surface area contributed by atoms with Crippen LogP contribution in [0, 0.1) is 0 Å². The smallest absolute Gasteiger partial charge is 0.356 e. The van der Waals surface area contributed by atoms with E-state index in [4.69, 9.17) is 4.74 Å². The Kier molecular flexibility index (Phi) is 3.76. The number of rotatable bonds is 2. The SMILES string of the molecule is COC(=O)c1cc(N2C[C@@H](C)O[C@@H](C)C2)ncn1. The van der Waals surface area contributed by atoms with Crippen molar-refractivity contribution < 1.29 is 14.3 Å². The maximum Gasteiger partial charge on any atom is 0.356 e. The number of ether oxygens (including phenoxy) is 2.